The first kappa shape index (κ1) is 12.3. The van der Waals surface area contributed by atoms with Crippen LogP contribution in [0.1, 0.15) is 29.8 Å². The zero-order chi connectivity index (χ0) is 13.2. The van der Waals surface area contributed by atoms with Crippen LogP contribution >= 0.6 is 0 Å². The zero-order valence-electron chi connectivity index (χ0n) is 11.8. The summed E-state index contributed by atoms with van der Waals surface area (Å²) in [7, 11) is 0. The van der Waals surface area contributed by atoms with E-state index < -0.39 is 0 Å². The molecule has 3 heteroatoms. The second-order valence-corrected chi connectivity index (χ2v) is 5.45. The van der Waals surface area contributed by atoms with E-state index >= 15 is 0 Å². The summed E-state index contributed by atoms with van der Waals surface area (Å²) in [5.41, 5.74) is 5.00. The number of hydrogen-bond acceptors (Lipinski definition) is 2. The molecule has 0 atom stereocenters. The van der Waals surface area contributed by atoms with E-state index in [1.165, 1.54) is 42.9 Å². The van der Waals surface area contributed by atoms with Gasteiger partial charge in [0, 0.05) is 24.5 Å². The predicted octanol–water partition coefficient (Wildman–Crippen LogP) is 3.15. The van der Waals surface area contributed by atoms with Gasteiger partial charge in [-0.3, -0.25) is 4.68 Å². The lowest BCUT2D eigenvalue weighted by molar-refractivity contribution is 0.659. The highest BCUT2D eigenvalue weighted by Crippen LogP contribution is 2.21. The highest BCUT2D eigenvalue weighted by Gasteiger charge is 2.12. The number of nitrogens with zero attached hydrogens (tertiary/aromatic N) is 3. The average molecular weight is 255 g/mol. The molecule has 0 spiro atoms. The van der Waals surface area contributed by atoms with Crippen LogP contribution in [0.15, 0.2) is 30.3 Å². The van der Waals surface area contributed by atoms with Crippen molar-refractivity contribution in [1.82, 2.24) is 9.78 Å². The highest BCUT2D eigenvalue weighted by molar-refractivity contribution is 5.49. The van der Waals surface area contributed by atoms with Crippen molar-refractivity contribution in [2.45, 2.75) is 33.2 Å². The molecule has 0 unspecified atom stereocenters. The van der Waals surface area contributed by atoms with Crippen molar-refractivity contribution in [3.63, 3.8) is 0 Å². The molecule has 1 aliphatic rings. The average Bonchev–Trinajstić information content (AvgIpc) is 3.01. The molecular weight excluding hydrogens is 234 g/mol. The van der Waals surface area contributed by atoms with Gasteiger partial charge in [0.25, 0.3) is 0 Å². The summed E-state index contributed by atoms with van der Waals surface area (Å²) >= 11 is 0. The molecule has 0 N–H and O–H groups in total. The molecule has 1 aliphatic heterocycles. The van der Waals surface area contributed by atoms with E-state index in [-0.39, 0.29) is 0 Å². The fourth-order valence-electron chi connectivity index (χ4n) is 2.83. The summed E-state index contributed by atoms with van der Waals surface area (Å²) in [5, 5.41) is 4.54. The van der Waals surface area contributed by atoms with Crippen LogP contribution in [0, 0.1) is 13.8 Å². The van der Waals surface area contributed by atoms with Crippen LogP contribution in [0.5, 0.6) is 0 Å². The monoisotopic (exact) mass is 255 g/mol. The van der Waals surface area contributed by atoms with Gasteiger partial charge in [0.1, 0.15) is 0 Å². The van der Waals surface area contributed by atoms with Crippen LogP contribution in [0.25, 0.3) is 0 Å². The highest BCUT2D eigenvalue weighted by atomic mass is 15.3. The molecular formula is C16H21N3. The maximum absolute atomic E-state index is 4.54. The van der Waals surface area contributed by atoms with Crippen LogP contribution in [-0.4, -0.2) is 22.9 Å². The smallest absolute Gasteiger partial charge is 0.0663 e. The van der Waals surface area contributed by atoms with Crippen LogP contribution in [0.4, 0.5) is 5.69 Å². The van der Waals surface area contributed by atoms with Gasteiger partial charge < -0.3 is 4.90 Å². The lowest BCUT2D eigenvalue weighted by atomic mass is 10.2. The molecule has 0 radical (unpaired) electrons. The third kappa shape index (κ3) is 2.65. The maximum atomic E-state index is 4.54. The van der Waals surface area contributed by atoms with Crippen LogP contribution in [0.3, 0.4) is 0 Å². The number of aromatic nitrogens is 2. The number of hydrogen-bond donors (Lipinski definition) is 0. The van der Waals surface area contributed by atoms with Gasteiger partial charge in [-0.15, -0.1) is 0 Å². The first-order chi connectivity index (χ1) is 9.22. The number of anilines is 1. The van der Waals surface area contributed by atoms with Gasteiger partial charge in [0.05, 0.1) is 12.2 Å². The normalized spacial score (nSPS) is 15.2. The number of rotatable bonds is 3. The molecule has 1 aromatic heterocycles. The Balaban J connectivity index is 1.81. The molecule has 1 fully saturated rings. The quantitative estimate of drug-likeness (QED) is 0.840. The first-order valence-electron chi connectivity index (χ1n) is 7.07. The summed E-state index contributed by atoms with van der Waals surface area (Å²) in [4.78, 5) is 2.48. The Morgan fingerprint density at radius 2 is 1.89 bits per heavy atom. The Labute approximate surface area is 114 Å². The van der Waals surface area contributed by atoms with E-state index in [4.69, 9.17) is 0 Å². The Bertz CT molecular complexity index is 565. The van der Waals surface area contributed by atoms with Crippen molar-refractivity contribution >= 4 is 5.69 Å². The number of benzene rings is 1. The topological polar surface area (TPSA) is 21.1 Å². The Kier molecular flexibility index (Phi) is 3.28. The van der Waals surface area contributed by atoms with Gasteiger partial charge in [0.15, 0.2) is 0 Å². The Morgan fingerprint density at radius 1 is 1.11 bits per heavy atom. The van der Waals surface area contributed by atoms with E-state index in [0.717, 1.165) is 12.2 Å². The minimum absolute atomic E-state index is 0.862. The summed E-state index contributed by atoms with van der Waals surface area (Å²) in [6, 6.07) is 11.0. The van der Waals surface area contributed by atoms with Gasteiger partial charge in [-0.1, -0.05) is 12.1 Å². The molecule has 3 nitrogen and oxygen atoms in total. The van der Waals surface area contributed by atoms with Gasteiger partial charge in [-0.05, 0) is 50.5 Å². The molecule has 1 aromatic carbocycles. The molecule has 100 valence electrons. The molecule has 2 aromatic rings. The minimum atomic E-state index is 0.862. The van der Waals surface area contributed by atoms with Gasteiger partial charge in [-0.25, -0.2) is 0 Å². The molecule has 0 bridgehead atoms. The summed E-state index contributed by atoms with van der Waals surface area (Å²) in [5.74, 6) is 0. The fourth-order valence-corrected chi connectivity index (χ4v) is 2.83. The minimum Gasteiger partial charge on any atom is -0.372 e. The summed E-state index contributed by atoms with van der Waals surface area (Å²) in [6.45, 7) is 7.42. The largest absolute Gasteiger partial charge is 0.372 e. The van der Waals surface area contributed by atoms with Crippen LogP contribution in [0.2, 0.25) is 0 Å². The Hall–Kier alpha value is -1.77. The van der Waals surface area contributed by atoms with Gasteiger partial charge in [0.2, 0.25) is 0 Å². The zero-order valence-corrected chi connectivity index (χ0v) is 11.8. The molecule has 0 saturated carbocycles. The Morgan fingerprint density at radius 3 is 2.58 bits per heavy atom. The van der Waals surface area contributed by atoms with E-state index in [9.17, 15) is 0 Å². The third-order valence-corrected chi connectivity index (χ3v) is 3.82. The van der Waals surface area contributed by atoms with Gasteiger partial charge >= 0.3 is 0 Å². The van der Waals surface area contributed by atoms with E-state index in [2.05, 4.69) is 51.9 Å². The molecule has 1 saturated heterocycles. The van der Waals surface area contributed by atoms with Gasteiger partial charge in [-0.2, -0.15) is 5.10 Å². The fraction of sp³-hybridized carbons (Fsp3) is 0.438. The van der Waals surface area contributed by atoms with Crippen molar-refractivity contribution in [3.05, 3.63) is 47.3 Å². The molecule has 2 heterocycles. The van der Waals surface area contributed by atoms with E-state index in [1.807, 2.05) is 6.92 Å². The van der Waals surface area contributed by atoms with Crippen molar-refractivity contribution in [2.24, 2.45) is 0 Å². The molecule has 0 amide bonds. The van der Waals surface area contributed by atoms with Crippen molar-refractivity contribution in [3.8, 4) is 0 Å². The number of aryl methyl sites for hydroxylation is 2. The predicted molar refractivity (Wildman–Crippen MR) is 78.7 cm³/mol. The summed E-state index contributed by atoms with van der Waals surface area (Å²) in [6.07, 6.45) is 2.64. The lowest BCUT2D eigenvalue weighted by Crippen LogP contribution is -2.17. The molecule has 0 aliphatic carbocycles. The lowest BCUT2D eigenvalue weighted by Gasteiger charge is -2.18. The second kappa shape index (κ2) is 5.08. The standard InChI is InChI=1S/C16H21N3/c1-13-10-14(2)19(17-13)12-15-6-5-7-16(11-15)18-8-3-4-9-18/h5-7,10-11H,3-4,8-9,12H2,1-2H3. The van der Waals surface area contributed by atoms with Crippen LogP contribution in [-0.2, 0) is 6.54 Å². The molecule has 3 rings (SSSR count). The SMILES string of the molecule is Cc1cc(C)n(Cc2cccc(N3CCCC3)c2)n1. The third-order valence-electron chi connectivity index (χ3n) is 3.82. The van der Waals surface area contributed by atoms with Crippen molar-refractivity contribution < 1.29 is 0 Å². The first-order valence-corrected chi connectivity index (χ1v) is 7.07. The van der Waals surface area contributed by atoms with Crippen molar-refractivity contribution in [2.75, 3.05) is 18.0 Å². The summed E-state index contributed by atoms with van der Waals surface area (Å²) < 4.78 is 2.08. The van der Waals surface area contributed by atoms with E-state index in [1.54, 1.807) is 0 Å². The second-order valence-electron chi connectivity index (χ2n) is 5.45. The van der Waals surface area contributed by atoms with Crippen molar-refractivity contribution in [1.29, 1.82) is 0 Å². The molecule has 19 heavy (non-hydrogen) atoms. The van der Waals surface area contributed by atoms with Crippen LogP contribution < -0.4 is 4.90 Å². The maximum Gasteiger partial charge on any atom is 0.0663 e. The van der Waals surface area contributed by atoms with E-state index in [0.29, 0.717) is 0 Å².